The molecule has 4 atom stereocenters. The van der Waals surface area contributed by atoms with Crippen LogP contribution in [0.1, 0.15) is 105 Å². The molecule has 0 saturated carbocycles. The molecule has 374 valence electrons. The molecular weight excluding hydrogens is 891 g/mol. The molecule has 0 aliphatic carbocycles. The van der Waals surface area contributed by atoms with E-state index < -0.39 is 6.10 Å². The number of likely N-dealkylation sites (N-methyl/N-ethyl adjacent to an activating group) is 1. The lowest BCUT2D eigenvalue weighted by Gasteiger charge is -2.40. The van der Waals surface area contributed by atoms with Crippen LogP contribution in [0.4, 0.5) is 5.82 Å². The quantitative estimate of drug-likeness (QED) is 0.0635. The van der Waals surface area contributed by atoms with Crippen molar-refractivity contribution >= 4 is 40.5 Å². The van der Waals surface area contributed by atoms with E-state index in [4.69, 9.17) is 21.7 Å². The van der Waals surface area contributed by atoms with Gasteiger partial charge in [0.05, 0.1) is 11.8 Å². The summed E-state index contributed by atoms with van der Waals surface area (Å²) in [6.07, 6.45) is 13.0. The van der Waals surface area contributed by atoms with Gasteiger partial charge in [-0.1, -0.05) is 75.8 Å². The van der Waals surface area contributed by atoms with E-state index in [9.17, 15) is 19.8 Å². The molecule has 17 heteroatoms. The van der Waals surface area contributed by atoms with Gasteiger partial charge in [0.15, 0.2) is 11.6 Å². The van der Waals surface area contributed by atoms with Crippen LogP contribution in [0, 0.1) is 12.8 Å². The van der Waals surface area contributed by atoms with Crippen LogP contribution in [0.2, 0.25) is 0 Å². The van der Waals surface area contributed by atoms with Gasteiger partial charge in [-0.3, -0.25) is 14.5 Å². The number of thioether (sulfide) groups is 1. The highest BCUT2D eigenvalue weighted by molar-refractivity contribution is 8.07. The smallest absolute Gasteiger partial charge is 0.233 e. The Bertz CT molecular complexity index is 2310. The molecule has 4 fully saturated rings. The molecule has 8 rings (SSSR count). The lowest BCUT2D eigenvalue weighted by Crippen LogP contribution is -2.51. The molecule has 2 aromatic carbocycles. The van der Waals surface area contributed by atoms with E-state index in [1.165, 1.54) is 18.4 Å². The number of nitrogens with one attached hydrogen (secondary N) is 1. The Labute approximate surface area is 413 Å². The first kappa shape index (κ1) is 53.9. The van der Waals surface area contributed by atoms with Gasteiger partial charge >= 0.3 is 0 Å². The highest BCUT2D eigenvalue weighted by Gasteiger charge is 2.39. The van der Waals surface area contributed by atoms with Gasteiger partial charge < -0.3 is 52.0 Å². The number of likely N-dealkylation sites (tertiary alicyclic amines) is 2. The summed E-state index contributed by atoms with van der Waals surface area (Å²) in [5.41, 5.74) is 23.2. The van der Waals surface area contributed by atoms with Crippen LogP contribution in [-0.2, 0) is 16.1 Å². The van der Waals surface area contributed by atoms with Crippen molar-refractivity contribution in [1.82, 2.24) is 35.1 Å². The first-order valence-electron chi connectivity index (χ1n) is 24.1. The van der Waals surface area contributed by atoms with Crippen molar-refractivity contribution in [1.29, 1.82) is 0 Å². The second kappa shape index (κ2) is 26.1. The number of aliphatic hydroxyl groups is 1. The fourth-order valence-electron chi connectivity index (χ4n) is 9.20. The Balaban J connectivity index is 0.000000202. The SMILES string of the molecule is C=C(SC)c1ccc(CNC=O)cc1.CC.CN1C2CCC1CN(C(/C=C(\N)c1ccccc1O)=C(N)N)C2.Cc1ncc(C2CCN(c3cc(C(C(=O)N4CCC(O)C4)C(C)C)on3)CC2)cn1. The maximum absolute atomic E-state index is 13.0. The van der Waals surface area contributed by atoms with Crippen molar-refractivity contribution in [3.63, 3.8) is 0 Å². The van der Waals surface area contributed by atoms with Gasteiger partial charge in [0.2, 0.25) is 12.3 Å². The van der Waals surface area contributed by atoms with E-state index in [0.717, 1.165) is 72.4 Å². The molecule has 4 unspecified atom stereocenters. The Hall–Kier alpha value is -6.04. The predicted molar refractivity (Wildman–Crippen MR) is 277 cm³/mol. The number of benzene rings is 2. The van der Waals surface area contributed by atoms with Gasteiger partial charge in [-0.25, -0.2) is 9.97 Å². The number of aryl methyl sites for hydroxylation is 1. The summed E-state index contributed by atoms with van der Waals surface area (Å²) in [6.45, 7) is 19.0. The van der Waals surface area contributed by atoms with Crippen molar-refractivity contribution in [2.75, 3.05) is 57.5 Å². The maximum atomic E-state index is 13.0. The van der Waals surface area contributed by atoms with Crippen LogP contribution in [-0.4, -0.2) is 123 Å². The summed E-state index contributed by atoms with van der Waals surface area (Å²) in [5, 5.41) is 26.6. The molecule has 4 aliphatic heterocycles. The molecule has 2 aromatic heterocycles. The summed E-state index contributed by atoms with van der Waals surface area (Å²) < 4.78 is 5.65. The molecule has 16 nitrogen and oxygen atoms in total. The van der Waals surface area contributed by atoms with Crippen molar-refractivity contribution in [2.24, 2.45) is 23.1 Å². The highest BCUT2D eigenvalue weighted by Crippen LogP contribution is 2.35. The van der Waals surface area contributed by atoms with E-state index in [-0.39, 0.29) is 29.3 Å². The molecule has 4 saturated heterocycles. The van der Waals surface area contributed by atoms with Gasteiger partial charge in [0.25, 0.3) is 0 Å². The number of allylic oxidation sites excluding steroid dienone is 1. The second-order valence-corrected chi connectivity index (χ2v) is 19.0. The van der Waals surface area contributed by atoms with Crippen molar-refractivity contribution in [2.45, 2.75) is 103 Å². The largest absolute Gasteiger partial charge is 0.507 e. The minimum absolute atomic E-state index is 0.0160. The molecule has 69 heavy (non-hydrogen) atoms. The predicted octanol–water partition coefficient (Wildman–Crippen LogP) is 6.34. The summed E-state index contributed by atoms with van der Waals surface area (Å²) in [6, 6.07) is 18.0. The van der Waals surface area contributed by atoms with E-state index in [0.29, 0.717) is 67.5 Å². The zero-order chi connectivity index (χ0) is 50.2. The Kier molecular flexibility index (Phi) is 20.4. The molecule has 4 aliphatic rings. The fourth-order valence-corrected chi connectivity index (χ4v) is 9.57. The van der Waals surface area contributed by atoms with E-state index in [2.05, 4.69) is 48.8 Å². The number of piperazine rings is 1. The number of piperidine rings is 1. The van der Waals surface area contributed by atoms with Crippen LogP contribution in [0.15, 0.2) is 95.7 Å². The maximum Gasteiger partial charge on any atom is 0.233 e. The molecular formula is C52H75N11O5S. The van der Waals surface area contributed by atoms with Gasteiger partial charge in [0.1, 0.15) is 23.3 Å². The van der Waals surface area contributed by atoms with Crippen molar-refractivity contribution < 1.29 is 24.3 Å². The normalized spacial score (nSPS) is 19.6. The van der Waals surface area contributed by atoms with Gasteiger partial charge in [-0.05, 0) is 99.1 Å². The molecule has 2 bridgehead atoms. The number of hydrogen-bond acceptors (Lipinski definition) is 15. The lowest BCUT2D eigenvalue weighted by molar-refractivity contribution is -0.133. The number of carbonyl (C=O) groups excluding carboxylic acids is 2. The van der Waals surface area contributed by atoms with Crippen LogP contribution in [0.25, 0.3) is 10.6 Å². The monoisotopic (exact) mass is 966 g/mol. The third kappa shape index (κ3) is 14.5. The minimum atomic E-state index is -0.424. The molecule has 9 N–H and O–H groups in total. The number of β-amino-alcohol motifs (C(OH)–C–C–N with tert-alkyl or cyclic N) is 1. The number of fused-ring (bicyclic) bond motifs is 2. The zero-order valence-electron chi connectivity index (χ0n) is 41.6. The number of rotatable bonds is 13. The first-order valence-corrected chi connectivity index (χ1v) is 25.3. The van der Waals surface area contributed by atoms with E-state index in [1.54, 1.807) is 40.9 Å². The average molecular weight is 966 g/mol. The number of hydrogen-bond donors (Lipinski definition) is 6. The zero-order valence-corrected chi connectivity index (χ0v) is 42.4. The fraction of sp³-hybridized carbons (Fsp3) is 0.481. The molecule has 6 heterocycles. The lowest BCUT2D eigenvalue weighted by atomic mass is 9.90. The first-order chi connectivity index (χ1) is 33.2. The summed E-state index contributed by atoms with van der Waals surface area (Å²) in [5.74, 6) is 2.79. The number of phenols is 1. The van der Waals surface area contributed by atoms with Gasteiger partial charge in [-0.2, -0.15) is 0 Å². The Morgan fingerprint density at radius 2 is 1.58 bits per heavy atom. The van der Waals surface area contributed by atoms with Crippen LogP contribution < -0.4 is 27.4 Å². The number of aromatic nitrogens is 3. The molecule has 0 spiro atoms. The summed E-state index contributed by atoms with van der Waals surface area (Å²) in [7, 11) is 2.18. The number of para-hydroxylation sites is 1. The molecule has 0 radical (unpaired) electrons. The van der Waals surface area contributed by atoms with E-state index >= 15 is 0 Å². The highest BCUT2D eigenvalue weighted by atomic mass is 32.2. The number of carbonyl (C=O) groups is 2. The van der Waals surface area contributed by atoms with Crippen LogP contribution in [0.5, 0.6) is 5.75 Å². The number of nitrogens with two attached hydrogens (primary N) is 3. The standard InChI is InChI=1S/C22H31N5O3.C17H25N5O.C11H13NOS.C2H6/c1-14(2)21(22(29)27-9-6-18(28)13-27)19-10-20(25-30-19)26-7-4-16(5-8-26)17-11-23-15(3)24-12-17;1-21-11-6-7-12(21)10-22(9-11)15(17(19)20)8-14(18)13-4-2-3-5-16(13)23;1-9(14-2)11-5-3-10(4-6-11)7-12-8-13;1-2/h10-12,14,16,18,21,28H,4-9,13H2,1-3H3;2-5,8,11-12,23H,6-7,9-10,18-20H2,1H3;3-6,8H,1,7H2,2H3,(H,12,13);1-2H3/b;14-8-;;. The number of anilines is 1. The van der Waals surface area contributed by atoms with Crippen LogP contribution >= 0.6 is 11.8 Å². The van der Waals surface area contributed by atoms with E-state index in [1.807, 2.05) is 89.7 Å². The number of phenolic OH excluding ortho intramolecular Hbond substituents is 1. The summed E-state index contributed by atoms with van der Waals surface area (Å²) in [4.78, 5) is 41.4. The molecule has 4 aromatic rings. The third-order valence-electron chi connectivity index (χ3n) is 13.2. The third-order valence-corrected chi connectivity index (χ3v) is 14.0. The number of aliphatic hydroxyl groups excluding tert-OH is 1. The summed E-state index contributed by atoms with van der Waals surface area (Å²) >= 11 is 1.64. The Morgan fingerprint density at radius 1 is 0.942 bits per heavy atom. The minimum Gasteiger partial charge on any atom is -0.507 e. The molecule has 2 amide bonds. The van der Waals surface area contributed by atoms with Crippen LogP contribution in [0.3, 0.4) is 0 Å². The Morgan fingerprint density at radius 3 is 2.13 bits per heavy atom. The van der Waals surface area contributed by atoms with Gasteiger partial charge in [0, 0.05) is 92.5 Å². The second-order valence-electron chi connectivity index (χ2n) is 18.1. The average Bonchev–Trinajstić information content (AvgIpc) is 4.07. The number of aromatic hydroxyl groups is 1. The number of nitrogens with zero attached hydrogens (tertiary/aromatic N) is 7. The van der Waals surface area contributed by atoms with Gasteiger partial charge in [-0.15, -0.1) is 11.8 Å². The van der Waals surface area contributed by atoms with Crippen molar-refractivity contribution in [3.8, 4) is 5.75 Å². The topological polar surface area (TPSA) is 229 Å². The van der Waals surface area contributed by atoms with Crippen molar-refractivity contribution in [3.05, 3.63) is 125 Å². The number of amides is 2.